The largest absolute Gasteiger partial charge is 0.469 e. The van der Waals surface area contributed by atoms with Gasteiger partial charge >= 0.3 is 5.97 Å². The molecule has 0 radical (unpaired) electrons. The van der Waals surface area contributed by atoms with Crippen molar-refractivity contribution in [2.24, 2.45) is 0 Å². The van der Waals surface area contributed by atoms with Gasteiger partial charge in [0, 0.05) is 19.1 Å². The van der Waals surface area contributed by atoms with Crippen molar-refractivity contribution in [2.75, 3.05) is 26.8 Å². The number of nitrogens with zero attached hydrogens (tertiary/aromatic N) is 1. The van der Waals surface area contributed by atoms with Crippen LogP contribution in [0.1, 0.15) is 18.9 Å². The molecule has 1 aromatic rings. The van der Waals surface area contributed by atoms with Crippen LogP contribution < -0.4 is 0 Å². The van der Waals surface area contributed by atoms with Gasteiger partial charge in [-0.2, -0.15) is 11.3 Å². The topological polar surface area (TPSA) is 38.8 Å². The third kappa shape index (κ3) is 4.30. The average Bonchev–Trinajstić information content (AvgIpc) is 2.91. The summed E-state index contributed by atoms with van der Waals surface area (Å²) in [5.74, 6) is -0.197. The van der Waals surface area contributed by atoms with Crippen molar-refractivity contribution in [3.05, 3.63) is 22.4 Å². The number of rotatable bonds is 5. The summed E-state index contributed by atoms with van der Waals surface area (Å²) in [6, 6.07) is 2.65. The van der Waals surface area contributed by atoms with E-state index in [0.717, 1.165) is 19.5 Å². The van der Waals surface area contributed by atoms with Crippen molar-refractivity contribution in [3.8, 4) is 0 Å². The minimum absolute atomic E-state index is 0.0360. The van der Waals surface area contributed by atoms with Gasteiger partial charge in [-0.25, -0.2) is 0 Å². The maximum Gasteiger partial charge on any atom is 0.308 e. The lowest BCUT2D eigenvalue weighted by Gasteiger charge is -2.36. The Morgan fingerprint density at radius 2 is 2.53 bits per heavy atom. The molecule has 2 heterocycles. The van der Waals surface area contributed by atoms with Crippen molar-refractivity contribution in [2.45, 2.75) is 31.9 Å². The van der Waals surface area contributed by atoms with Crippen LogP contribution in [-0.4, -0.2) is 49.8 Å². The molecule has 19 heavy (non-hydrogen) atoms. The molecule has 0 unspecified atom stereocenters. The zero-order valence-electron chi connectivity index (χ0n) is 11.5. The molecule has 0 saturated carbocycles. The standard InChI is InChI=1S/C14H21NO3S/c1-11(7-12-3-6-19-10-12)15-4-5-18-13(9-15)8-14(16)17-2/h3,6,10-11,13H,4-5,7-9H2,1-2H3/t11-,13+/m0/s1. The minimum Gasteiger partial charge on any atom is -0.469 e. The predicted octanol–water partition coefficient (Wildman–Crippen LogP) is 1.94. The fourth-order valence-corrected chi connectivity index (χ4v) is 3.10. The summed E-state index contributed by atoms with van der Waals surface area (Å²) in [7, 11) is 1.42. The second-order valence-corrected chi connectivity index (χ2v) is 5.73. The van der Waals surface area contributed by atoms with Gasteiger partial charge in [0.25, 0.3) is 0 Å². The summed E-state index contributed by atoms with van der Waals surface area (Å²) in [5, 5.41) is 4.31. The fourth-order valence-electron chi connectivity index (χ4n) is 2.41. The van der Waals surface area contributed by atoms with Gasteiger partial charge in [0.2, 0.25) is 0 Å². The average molecular weight is 283 g/mol. The van der Waals surface area contributed by atoms with Crippen molar-refractivity contribution >= 4 is 17.3 Å². The maximum absolute atomic E-state index is 11.3. The van der Waals surface area contributed by atoms with Crippen LogP contribution in [0.4, 0.5) is 0 Å². The predicted molar refractivity (Wildman–Crippen MR) is 75.4 cm³/mol. The molecule has 0 N–H and O–H groups in total. The molecule has 1 saturated heterocycles. The molecule has 0 bridgehead atoms. The van der Waals surface area contributed by atoms with Gasteiger partial charge in [-0.05, 0) is 35.7 Å². The number of carbonyl (C=O) groups excluding carboxylic acids is 1. The summed E-state index contributed by atoms with van der Waals surface area (Å²) >= 11 is 1.74. The Labute approximate surface area is 118 Å². The zero-order chi connectivity index (χ0) is 13.7. The highest BCUT2D eigenvalue weighted by molar-refractivity contribution is 7.07. The quantitative estimate of drug-likeness (QED) is 0.774. The summed E-state index contributed by atoms with van der Waals surface area (Å²) in [6.07, 6.45) is 1.36. The summed E-state index contributed by atoms with van der Waals surface area (Å²) in [6.45, 7) is 4.66. The first-order valence-electron chi connectivity index (χ1n) is 6.62. The smallest absolute Gasteiger partial charge is 0.308 e. The van der Waals surface area contributed by atoms with E-state index in [1.54, 1.807) is 11.3 Å². The van der Waals surface area contributed by atoms with E-state index in [1.807, 2.05) is 0 Å². The molecule has 0 aliphatic carbocycles. The Morgan fingerprint density at radius 1 is 1.68 bits per heavy atom. The third-order valence-corrected chi connectivity index (χ3v) is 4.26. The first-order valence-corrected chi connectivity index (χ1v) is 7.57. The number of thiophene rings is 1. The molecule has 106 valence electrons. The molecule has 0 spiro atoms. The second-order valence-electron chi connectivity index (χ2n) is 4.95. The zero-order valence-corrected chi connectivity index (χ0v) is 12.3. The fraction of sp³-hybridized carbons (Fsp3) is 0.643. The van der Waals surface area contributed by atoms with Crippen LogP contribution >= 0.6 is 11.3 Å². The van der Waals surface area contributed by atoms with Crippen LogP contribution in [-0.2, 0) is 20.7 Å². The highest BCUT2D eigenvalue weighted by Gasteiger charge is 2.26. The highest BCUT2D eigenvalue weighted by atomic mass is 32.1. The first-order chi connectivity index (χ1) is 9.19. The third-order valence-electron chi connectivity index (χ3n) is 3.53. The molecule has 0 amide bonds. The first kappa shape index (κ1) is 14.5. The van der Waals surface area contributed by atoms with E-state index >= 15 is 0 Å². The molecule has 4 nitrogen and oxygen atoms in total. The Bertz CT molecular complexity index is 393. The van der Waals surface area contributed by atoms with E-state index in [2.05, 4.69) is 28.7 Å². The van der Waals surface area contributed by atoms with Crippen molar-refractivity contribution in [1.82, 2.24) is 4.90 Å². The van der Waals surface area contributed by atoms with E-state index in [-0.39, 0.29) is 12.1 Å². The summed E-state index contributed by atoms with van der Waals surface area (Å²) in [4.78, 5) is 13.7. The molecule has 1 aromatic heterocycles. The number of esters is 1. The Hall–Kier alpha value is -0.910. The lowest BCUT2D eigenvalue weighted by atomic mass is 10.1. The van der Waals surface area contributed by atoms with Gasteiger partial charge in [-0.15, -0.1) is 0 Å². The molecule has 0 aromatic carbocycles. The van der Waals surface area contributed by atoms with Crippen LogP contribution in [0, 0.1) is 0 Å². The summed E-state index contributed by atoms with van der Waals surface area (Å²) in [5.41, 5.74) is 1.38. The summed E-state index contributed by atoms with van der Waals surface area (Å²) < 4.78 is 10.3. The minimum atomic E-state index is -0.197. The van der Waals surface area contributed by atoms with Gasteiger partial charge in [-0.1, -0.05) is 0 Å². The van der Waals surface area contributed by atoms with Gasteiger partial charge in [-0.3, -0.25) is 9.69 Å². The van der Waals surface area contributed by atoms with E-state index in [1.165, 1.54) is 12.7 Å². The number of methoxy groups -OCH3 is 1. The number of hydrogen-bond acceptors (Lipinski definition) is 5. The van der Waals surface area contributed by atoms with Gasteiger partial charge in [0.15, 0.2) is 0 Å². The Balaban J connectivity index is 1.84. The van der Waals surface area contributed by atoms with E-state index in [0.29, 0.717) is 19.1 Å². The monoisotopic (exact) mass is 283 g/mol. The van der Waals surface area contributed by atoms with Gasteiger partial charge < -0.3 is 9.47 Å². The van der Waals surface area contributed by atoms with E-state index in [9.17, 15) is 4.79 Å². The molecule has 5 heteroatoms. The van der Waals surface area contributed by atoms with Crippen LogP contribution in [0.25, 0.3) is 0 Å². The second kappa shape index (κ2) is 7.03. The Kier molecular flexibility index (Phi) is 5.36. The van der Waals surface area contributed by atoms with Crippen molar-refractivity contribution in [1.29, 1.82) is 0 Å². The number of carbonyl (C=O) groups is 1. The highest BCUT2D eigenvalue weighted by Crippen LogP contribution is 2.16. The number of morpholine rings is 1. The van der Waals surface area contributed by atoms with E-state index < -0.39 is 0 Å². The number of ether oxygens (including phenoxy) is 2. The van der Waals surface area contributed by atoms with E-state index in [4.69, 9.17) is 9.47 Å². The van der Waals surface area contributed by atoms with Crippen LogP contribution in [0.2, 0.25) is 0 Å². The van der Waals surface area contributed by atoms with Crippen LogP contribution in [0.3, 0.4) is 0 Å². The molecule has 1 aliphatic heterocycles. The molecule has 1 fully saturated rings. The van der Waals surface area contributed by atoms with Gasteiger partial charge in [0.1, 0.15) is 0 Å². The Morgan fingerprint density at radius 3 is 3.21 bits per heavy atom. The van der Waals surface area contributed by atoms with Gasteiger partial charge in [0.05, 0.1) is 26.2 Å². The lowest BCUT2D eigenvalue weighted by Crippen LogP contribution is -2.48. The maximum atomic E-state index is 11.3. The van der Waals surface area contributed by atoms with Crippen LogP contribution in [0.15, 0.2) is 16.8 Å². The molecule has 1 aliphatic rings. The SMILES string of the molecule is COC(=O)C[C@@H]1CN([C@@H](C)Cc2ccsc2)CCO1. The van der Waals surface area contributed by atoms with Crippen molar-refractivity contribution in [3.63, 3.8) is 0 Å². The van der Waals surface area contributed by atoms with Crippen LogP contribution in [0.5, 0.6) is 0 Å². The normalized spacial score (nSPS) is 22.1. The molecule has 2 atom stereocenters. The molecule has 2 rings (SSSR count). The molecular formula is C14H21NO3S. The number of hydrogen-bond donors (Lipinski definition) is 0. The lowest BCUT2D eigenvalue weighted by molar-refractivity contribution is -0.146. The van der Waals surface area contributed by atoms with Crippen molar-refractivity contribution < 1.29 is 14.3 Å². The molecular weight excluding hydrogens is 262 g/mol.